The van der Waals surface area contributed by atoms with E-state index in [1.54, 1.807) is 48.7 Å². The van der Waals surface area contributed by atoms with Gasteiger partial charge in [0.1, 0.15) is 5.75 Å². The third-order valence-corrected chi connectivity index (χ3v) is 6.38. The molecule has 192 valence electrons. The van der Waals surface area contributed by atoms with Gasteiger partial charge in [0, 0.05) is 28.2 Å². The molecule has 9 heteroatoms. The average Bonchev–Trinajstić information content (AvgIpc) is 2.92. The number of nitrogens with one attached hydrogen (secondary N) is 1. The molecule has 5 rings (SSSR count). The van der Waals surface area contributed by atoms with Gasteiger partial charge in [-0.1, -0.05) is 18.2 Å². The molecule has 1 atom stereocenters. The van der Waals surface area contributed by atoms with Gasteiger partial charge in [0.25, 0.3) is 11.5 Å². The van der Waals surface area contributed by atoms with Gasteiger partial charge in [-0.05, 0) is 67.6 Å². The molecule has 1 amide bonds. The van der Waals surface area contributed by atoms with E-state index in [0.717, 1.165) is 12.1 Å². The molecule has 3 aromatic carbocycles. The number of halogens is 3. The summed E-state index contributed by atoms with van der Waals surface area (Å²) in [7, 11) is 1.43. The van der Waals surface area contributed by atoms with Crippen LogP contribution in [-0.2, 0) is 6.18 Å². The van der Waals surface area contributed by atoms with E-state index in [9.17, 15) is 22.8 Å². The first-order valence-electron chi connectivity index (χ1n) is 11.7. The molecule has 0 radical (unpaired) electrons. The number of rotatable bonds is 5. The molecule has 0 fully saturated rings. The van der Waals surface area contributed by atoms with Crippen LogP contribution in [0.15, 0.2) is 89.9 Å². The average molecular weight is 518 g/mol. The lowest BCUT2D eigenvalue weighted by Crippen LogP contribution is -2.27. The number of nitrogens with zero attached hydrogens (tertiary/aromatic N) is 2. The summed E-state index contributed by atoms with van der Waals surface area (Å²) in [5, 5.41) is 4.30. The third-order valence-electron chi connectivity index (χ3n) is 6.38. The Morgan fingerprint density at radius 1 is 0.974 bits per heavy atom. The number of hydrogen-bond acceptors (Lipinski definition) is 4. The molecule has 2 aromatic heterocycles. The maximum Gasteiger partial charge on any atom is 0.416 e. The molecule has 0 aliphatic carbocycles. The fourth-order valence-corrected chi connectivity index (χ4v) is 4.50. The van der Waals surface area contributed by atoms with Crippen molar-refractivity contribution in [1.82, 2.24) is 14.9 Å². The smallest absolute Gasteiger partial charge is 0.416 e. The van der Waals surface area contributed by atoms with Gasteiger partial charge in [0.2, 0.25) is 0 Å². The molecule has 0 saturated carbocycles. The fraction of sp³-hybridized carbons (Fsp3) is 0.138. The highest BCUT2D eigenvalue weighted by Crippen LogP contribution is 2.33. The van der Waals surface area contributed by atoms with E-state index in [2.05, 4.69) is 10.3 Å². The van der Waals surface area contributed by atoms with E-state index in [-0.39, 0.29) is 23.0 Å². The zero-order valence-corrected chi connectivity index (χ0v) is 20.4. The lowest BCUT2D eigenvalue weighted by atomic mass is 10.0. The number of aromatic nitrogens is 2. The zero-order chi connectivity index (χ0) is 27.0. The van der Waals surface area contributed by atoms with Crippen molar-refractivity contribution in [3.05, 3.63) is 112 Å². The van der Waals surface area contributed by atoms with Gasteiger partial charge in [-0.15, -0.1) is 0 Å². The molecule has 5 aromatic rings. The predicted octanol–water partition coefficient (Wildman–Crippen LogP) is 6.06. The Morgan fingerprint density at radius 3 is 2.39 bits per heavy atom. The van der Waals surface area contributed by atoms with Crippen LogP contribution in [0.25, 0.3) is 27.4 Å². The van der Waals surface area contributed by atoms with Crippen LogP contribution in [0.1, 0.15) is 34.6 Å². The van der Waals surface area contributed by atoms with Gasteiger partial charge < -0.3 is 10.1 Å². The first-order valence-corrected chi connectivity index (χ1v) is 11.7. The molecule has 0 bridgehead atoms. The Balaban J connectivity index is 1.69. The Hall–Kier alpha value is -4.66. The van der Waals surface area contributed by atoms with Crippen molar-refractivity contribution in [2.24, 2.45) is 0 Å². The number of carbonyl (C=O) groups excluding carboxylic acids is 1. The number of carbonyl (C=O) groups is 1. The molecule has 2 heterocycles. The van der Waals surface area contributed by atoms with Crippen LogP contribution < -0.4 is 15.6 Å². The first-order chi connectivity index (χ1) is 18.2. The molecular weight excluding hydrogens is 495 g/mol. The summed E-state index contributed by atoms with van der Waals surface area (Å²) in [6, 6.07) is 19.4. The quantitative estimate of drug-likeness (QED) is 0.288. The molecular formula is C29H22F3N3O3. The van der Waals surface area contributed by atoms with Crippen molar-refractivity contribution in [3.63, 3.8) is 0 Å². The van der Waals surface area contributed by atoms with Gasteiger partial charge in [0.15, 0.2) is 0 Å². The lowest BCUT2D eigenvalue weighted by molar-refractivity contribution is -0.137. The minimum atomic E-state index is -4.51. The van der Waals surface area contributed by atoms with E-state index >= 15 is 0 Å². The Morgan fingerprint density at radius 2 is 1.74 bits per heavy atom. The topological polar surface area (TPSA) is 73.2 Å². The van der Waals surface area contributed by atoms with Gasteiger partial charge in [-0.2, -0.15) is 13.2 Å². The SMILES string of the molecule is COc1cccc2c1c(=O)n(-c1ccc(C(F)(F)F)cc1)c1ccc(C(=O)N[C@@H](C)c3ccccn3)cc21. The number of methoxy groups -OCH3 is 1. The number of benzene rings is 3. The Labute approximate surface area is 215 Å². The van der Waals surface area contributed by atoms with Crippen LogP contribution in [0.3, 0.4) is 0 Å². The van der Waals surface area contributed by atoms with Gasteiger partial charge in [-0.25, -0.2) is 0 Å². The Kier molecular flexibility index (Phi) is 6.36. The summed E-state index contributed by atoms with van der Waals surface area (Å²) >= 11 is 0. The summed E-state index contributed by atoms with van der Waals surface area (Å²) in [5.74, 6) is -0.0259. The van der Waals surface area contributed by atoms with Crippen molar-refractivity contribution in [3.8, 4) is 11.4 Å². The Bertz CT molecular complexity index is 1710. The van der Waals surface area contributed by atoms with Crippen LogP contribution in [0.5, 0.6) is 5.75 Å². The normalized spacial score (nSPS) is 12.4. The summed E-state index contributed by atoms with van der Waals surface area (Å²) < 4.78 is 46.2. The number of ether oxygens (including phenoxy) is 1. The van der Waals surface area contributed by atoms with Gasteiger partial charge >= 0.3 is 6.18 Å². The zero-order valence-electron chi connectivity index (χ0n) is 20.4. The predicted molar refractivity (Wildman–Crippen MR) is 139 cm³/mol. The molecule has 0 aliphatic rings. The van der Waals surface area contributed by atoms with Gasteiger partial charge in [-0.3, -0.25) is 19.1 Å². The number of alkyl halides is 3. The summed E-state index contributed by atoms with van der Waals surface area (Å²) in [4.78, 5) is 31.1. The second-order valence-electron chi connectivity index (χ2n) is 8.75. The maximum absolute atomic E-state index is 13.7. The van der Waals surface area contributed by atoms with Crippen molar-refractivity contribution < 1.29 is 22.7 Å². The largest absolute Gasteiger partial charge is 0.496 e. The number of fused-ring (bicyclic) bond motifs is 3. The van der Waals surface area contributed by atoms with E-state index in [4.69, 9.17) is 4.74 Å². The number of pyridine rings is 2. The van der Waals surface area contributed by atoms with E-state index in [1.807, 2.05) is 19.1 Å². The third kappa shape index (κ3) is 4.47. The number of amides is 1. The monoisotopic (exact) mass is 517 g/mol. The van der Waals surface area contributed by atoms with Crippen molar-refractivity contribution >= 4 is 27.6 Å². The minimum Gasteiger partial charge on any atom is -0.496 e. The van der Waals surface area contributed by atoms with Crippen LogP contribution >= 0.6 is 0 Å². The first kappa shape index (κ1) is 25.0. The minimum absolute atomic E-state index is 0.252. The summed E-state index contributed by atoms with van der Waals surface area (Å²) in [6.45, 7) is 1.82. The van der Waals surface area contributed by atoms with Gasteiger partial charge in [0.05, 0.1) is 35.3 Å². The summed E-state index contributed by atoms with van der Waals surface area (Å²) in [5.41, 5.74) is 0.463. The van der Waals surface area contributed by atoms with Crippen LogP contribution in [0.2, 0.25) is 0 Å². The molecule has 1 N–H and O–H groups in total. The lowest BCUT2D eigenvalue weighted by Gasteiger charge is -2.17. The second kappa shape index (κ2) is 9.66. The molecule has 0 aliphatic heterocycles. The standard InChI is InChI=1S/C29H22F3N3O3/c1-17(23-7-3-4-15-33-23)34-27(36)18-9-14-24-22(16-18)21-6-5-8-25(38-2)26(21)28(37)35(24)20-12-10-19(11-13-20)29(30,31)32/h3-17H,1-2H3,(H,34,36)/t17-/m0/s1. The number of hydrogen-bond donors (Lipinski definition) is 1. The molecule has 0 unspecified atom stereocenters. The molecule has 38 heavy (non-hydrogen) atoms. The highest BCUT2D eigenvalue weighted by atomic mass is 19.4. The molecule has 0 saturated heterocycles. The van der Waals surface area contributed by atoms with Crippen molar-refractivity contribution in [1.29, 1.82) is 0 Å². The molecule has 6 nitrogen and oxygen atoms in total. The highest BCUT2D eigenvalue weighted by Gasteiger charge is 2.30. The van der Waals surface area contributed by atoms with Crippen molar-refractivity contribution in [2.75, 3.05) is 7.11 Å². The van der Waals surface area contributed by atoms with Crippen LogP contribution in [0, 0.1) is 0 Å². The van der Waals surface area contributed by atoms with E-state index < -0.39 is 17.3 Å². The second-order valence-corrected chi connectivity index (χ2v) is 8.75. The van der Waals surface area contributed by atoms with Crippen LogP contribution in [0.4, 0.5) is 13.2 Å². The maximum atomic E-state index is 13.7. The van der Waals surface area contributed by atoms with Crippen LogP contribution in [-0.4, -0.2) is 22.6 Å². The summed E-state index contributed by atoms with van der Waals surface area (Å²) in [6.07, 6.45) is -2.86. The highest BCUT2D eigenvalue weighted by molar-refractivity contribution is 6.10. The van der Waals surface area contributed by atoms with Crippen molar-refractivity contribution in [2.45, 2.75) is 19.1 Å². The molecule has 0 spiro atoms. The van der Waals surface area contributed by atoms with E-state index in [1.165, 1.54) is 23.8 Å². The van der Waals surface area contributed by atoms with E-state index in [0.29, 0.717) is 33.3 Å². The fourth-order valence-electron chi connectivity index (χ4n) is 4.50.